The highest BCUT2D eigenvalue weighted by molar-refractivity contribution is 5.97. The minimum atomic E-state index is -0.0320. The van der Waals surface area contributed by atoms with E-state index in [0.29, 0.717) is 6.42 Å². The van der Waals surface area contributed by atoms with E-state index in [4.69, 9.17) is 0 Å². The topological polar surface area (TPSA) is 73.6 Å². The number of hydrogen-bond acceptors (Lipinski definition) is 2. The monoisotopic (exact) mass is 296 g/mol. The summed E-state index contributed by atoms with van der Waals surface area (Å²) in [5.41, 5.74) is 5.87. The Morgan fingerprint density at radius 2 is 2.09 bits per heavy atom. The molecule has 0 radical (unpaired) electrons. The fourth-order valence-corrected chi connectivity index (χ4v) is 2.81. The van der Waals surface area contributed by atoms with E-state index in [1.807, 2.05) is 26.1 Å². The fraction of sp³-hybridized carbons (Fsp3) is 0.294. The van der Waals surface area contributed by atoms with E-state index in [0.717, 1.165) is 40.0 Å². The molecule has 3 aromatic rings. The van der Waals surface area contributed by atoms with Crippen LogP contribution < -0.4 is 5.32 Å². The Balaban J connectivity index is 1.83. The molecule has 22 heavy (non-hydrogen) atoms. The van der Waals surface area contributed by atoms with Gasteiger partial charge in [0, 0.05) is 17.1 Å². The summed E-state index contributed by atoms with van der Waals surface area (Å²) in [6.45, 7) is 5.90. The summed E-state index contributed by atoms with van der Waals surface area (Å²) in [5.74, 6) is -0.0320. The number of carbonyl (C=O) groups excluding carboxylic acids is 1. The first-order chi connectivity index (χ1) is 10.6. The lowest BCUT2D eigenvalue weighted by Crippen LogP contribution is -2.15. The van der Waals surface area contributed by atoms with E-state index in [-0.39, 0.29) is 5.91 Å². The molecule has 114 valence electrons. The zero-order valence-corrected chi connectivity index (χ0v) is 13.1. The third kappa shape index (κ3) is 2.50. The van der Waals surface area contributed by atoms with Crippen LogP contribution in [0.1, 0.15) is 29.4 Å². The number of aromatic amines is 2. The number of hydrogen-bond donors (Lipinski definition) is 3. The predicted molar refractivity (Wildman–Crippen MR) is 88.1 cm³/mol. The summed E-state index contributed by atoms with van der Waals surface area (Å²) < 4.78 is 0. The Hall–Kier alpha value is -2.56. The smallest absolute Gasteiger partial charge is 0.228 e. The number of aryl methyl sites for hydroxylation is 3. The fourth-order valence-electron chi connectivity index (χ4n) is 2.81. The lowest BCUT2D eigenvalue weighted by atomic mass is 10.1. The number of carbonyl (C=O) groups is 1. The summed E-state index contributed by atoms with van der Waals surface area (Å²) in [5, 5.41) is 11.0. The highest BCUT2D eigenvalue weighted by atomic mass is 16.1. The number of fused-ring (bicyclic) bond motifs is 1. The van der Waals surface area contributed by atoms with Crippen LogP contribution in [0, 0.1) is 13.8 Å². The van der Waals surface area contributed by atoms with Crippen molar-refractivity contribution in [2.45, 2.75) is 33.6 Å². The molecule has 5 nitrogen and oxygen atoms in total. The van der Waals surface area contributed by atoms with Gasteiger partial charge < -0.3 is 10.3 Å². The third-order valence-corrected chi connectivity index (χ3v) is 4.01. The molecule has 0 saturated carbocycles. The first kappa shape index (κ1) is 14.4. The van der Waals surface area contributed by atoms with E-state index in [9.17, 15) is 4.79 Å². The maximum Gasteiger partial charge on any atom is 0.228 e. The van der Waals surface area contributed by atoms with Gasteiger partial charge in [0.1, 0.15) is 0 Å². The summed E-state index contributed by atoms with van der Waals surface area (Å²) in [7, 11) is 0. The van der Waals surface area contributed by atoms with Crippen LogP contribution in [0.3, 0.4) is 0 Å². The maximum absolute atomic E-state index is 12.3. The summed E-state index contributed by atoms with van der Waals surface area (Å²) in [6.07, 6.45) is 3.24. The van der Waals surface area contributed by atoms with Crippen molar-refractivity contribution in [2.75, 3.05) is 5.32 Å². The maximum atomic E-state index is 12.3. The zero-order chi connectivity index (χ0) is 15.7. The molecule has 0 unspecified atom stereocenters. The van der Waals surface area contributed by atoms with Gasteiger partial charge in [-0.1, -0.05) is 25.1 Å². The van der Waals surface area contributed by atoms with E-state index in [1.54, 1.807) is 0 Å². The second kappa shape index (κ2) is 5.67. The Morgan fingerprint density at radius 3 is 2.77 bits per heavy atom. The van der Waals surface area contributed by atoms with Crippen molar-refractivity contribution in [3.05, 3.63) is 46.9 Å². The molecular weight excluding hydrogens is 276 g/mol. The summed E-state index contributed by atoms with van der Waals surface area (Å²) >= 11 is 0. The normalized spacial score (nSPS) is 11.0. The lowest BCUT2D eigenvalue weighted by Gasteiger charge is -2.05. The number of amides is 1. The van der Waals surface area contributed by atoms with Crippen molar-refractivity contribution in [2.24, 2.45) is 0 Å². The first-order valence-corrected chi connectivity index (χ1v) is 7.49. The molecule has 0 aliphatic rings. The number of nitrogens with one attached hydrogen (secondary N) is 3. The van der Waals surface area contributed by atoms with Gasteiger partial charge in [0.15, 0.2) is 0 Å². The van der Waals surface area contributed by atoms with Crippen LogP contribution in [-0.4, -0.2) is 21.1 Å². The van der Waals surface area contributed by atoms with E-state index in [2.05, 4.69) is 39.6 Å². The molecule has 2 heterocycles. The van der Waals surface area contributed by atoms with Crippen molar-refractivity contribution in [1.82, 2.24) is 15.2 Å². The number of para-hydroxylation sites is 1. The van der Waals surface area contributed by atoms with Gasteiger partial charge in [-0.2, -0.15) is 5.10 Å². The van der Waals surface area contributed by atoms with Crippen LogP contribution in [0.4, 0.5) is 5.69 Å². The second-order valence-corrected chi connectivity index (χ2v) is 5.54. The number of aromatic nitrogens is 3. The number of benzene rings is 1. The molecular formula is C17H20N4O. The van der Waals surface area contributed by atoms with Crippen molar-refractivity contribution in [3.63, 3.8) is 0 Å². The van der Waals surface area contributed by atoms with Gasteiger partial charge in [0.05, 0.1) is 23.5 Å². The molecule has 0 aliphatic carbocycles. The predicted octanol–water partition coefficient (Wildman–Crippen LogP) is 3.25. The number of nitrogens with zero attached hydrogens (tertiary/aromatic N) is 1. The van der Waals surface area contributed by atoms with E-state index in [1.165, 1.54) is 5.56 Å². The Bertz CT molecular complexity index is 809. The van der Waals surface area contributed by atoms with Gasteiger partial charge in [0.25, 0.3) is 0 Å². The van der Waals surface area contributed by atoms with Crippen LogP contribution >= 0.6 is 0 Å². The molecule has 0 aliphatic heterocycles. The van der Waals surface area contributed by atoms with Gasteiger partial charge in [-0.15, -0.1) is 0 Å². The zero-order valence-electron chi connectivity index (χ0n) is 13.1. The Labute approximate surface area is 129 Å². The largest absolute Gasteiger partial charge is 0.361 e. The molecule has 5 heteroatoms. The van der Waals surface area contributed by atoms with Crippen molar-refractivity contribution >= 4 is 22.5 Å². The summed E-state index contributed by atoms with van der Waals surface area (Å²) in [4.78, 5) is 15.6. The molecule has 3 rings (SSSR count). The quantitative estimate of drug-likeness (QED) is 0.691. The van der Waals surface area contributed by atoms with Gasteiger partial charge >= 0.3 is 0 Å². The van der Waals surface area contributed by atoms with E-state index < -0.39 is 0 Å². The van der Waals surface area contributed by atoms with Crippen LogP contribution in [0.25, 0.3) is 10.9 Å². The van der Waals surface area contributed by atoms with E-state index >= 15 is 0 Å². The molecule has 0 atom stereocenters. The average Bonchev–Trinajstić information content (AvgIpc) is 3.05. The van der Waals surface area contributed by atoms with Gasteiger partial charge in [0.2, 0.25) is 5.91 Å². The van der Waals surface area contributed by atoms with Crippen LogP contribution in [0.15, 0.2) is 24.4 Å². The highest BCUT2D eigenvalue weighted by Gasteiger charge is 2.13. The highest BCUT2D eigenvalue weighted by Crippen LogP contribution is 2.23. The molecule has 0 spiro atoms. The Morgan fingerprint density at radius 1 is 1.27 bits per heavy atom. The molecule has 1 aromatic carbocycles. The minimum Gasteiger partial charge on any atom is -0.361 e. The molecule has 3 N–H and O–H groups in total. The Kier molecular flexibility index (Phi) is 3.71. The molecule has 0 saturated heterocycles. The van der Waals surface area contributed by atoms with Crippen molar-refractivity contribution in [3.8, 4) is 0 Å². The second-order valence-electron chi connectivity index (χ2n) is 5.54. The van der Waals surface area contributed by atoms with Gasteiger partial charge in [-0.25, -0.2) is 0 Å². The van der Waals surface area contributed by atoms with Gasteiger partial charge in [-0.3, -0.25) is 9.89 Å². The summed E-state index contributed by atoms with van der Waals surface area (Å²) in [6, 6.07) is 6.21. The van der Waals surface area contributed by atoms with Crippen LogP contribution in [0.2, 0.25) is 0 Å². The minimum absolute atomic E-state index is 0.0320. The van der Waals surface area contributed by atoms with Crippen LogP contribution in [-0.2, 0) is 17.6 Å². The molecule has 0 bridgehead atoms. The number of rotatable bonds is 4. The standard InChI is InChI=1S/C17H20N4O/c1-4-12-6-5-7-14-13(9-18-17(12)14)8-15(22)19-16-10(2)20-21-11(16)3/h5-7,9,18H,4,8H2,1-3H3,(H,19,22)(H,20,21). The first-order valence-electron chi connectivity index (χ1n) is 7.49. The number of anilines is 1. The molecule has 2 aromatic heterocycles. The van der Waals surface area contributed by atoms with Gasteiger partial charge in [-0.05, 0) is 31.4 Å². The SMILES string of the molecule is CCc1cccc2c(CC(=O)Nc3c(C)n[nH]c3C)c[nH]c12. The van der Waals surface area contributed by atoms with Crippen LogP contribution in [0.5, 0.6) is 0 Å². The third-order valence-electron chi connectivity index (χ3n) is 4.01. The number of H-pyrrole nitrogens is 2. The average molecular weight is 296 g/mol. The molecule has 0 fully saturated rings. The van der Waals surface area contributed by atoms with Crippen molar-refractivity contribution < 1.29 is 4.79 Å². The van der Waals surface area contributed by atoms with Crippen molar-refractivity contribution in [1.29, 1.82) is 0 Å². The lowest BCUT2D eigenvalue weighted by molar-refractivity contribution is -0.115. The molecule has 1 amide bonds.